The van der Waals surface area contributed by atoms with Crippen molar-refractivity contribution in [2.24, 2.45) is 5.92 Å². The molecule has 0 spiro atoms. The Hall–Kier alpha value is -1.20. The molecule has 20 heavy (non-hydrogen) atoms. The lowest BCUT2D eigenvalue weighted by atomic mass is 10.1. The van der Waals surface area contributed by atoms with Crippen LogP contribution in [0.4, 0.5) is 21.5 Å². The second-order valence-electron chi connectivity index (χ2n) is 5.68. The fourth-order valence-electron chi connectivity index (χ4n) is 2.59. The van der Waals surface area contributed by atoms with Crippen LogP contribution in [0.1, 0.15) is 20.3 Å². The lowest BCUT2D eigenvalue weighted by molar-refractivity contribution is 0.266. The Bertz CT molecular complexity index is 493. The van der Waals surface area contributed by atoms with Crippen molar-refractivity contribution < 1.29 is 4.39 Å². The summed E-state index contributed by atoms with van der Waals surface area (Å²) >= 11 is 5.81. The summed E-state index contributed by atoms with van der Waals surface area (Å²) in [6.07, 6.45) is 1.11. The summed E-state index contributed by atoms with van der Waals surface area (Å²) < 4.78 is 14.0. The van der Waals surface area contributed by atoms with Crippen LogP contribution in [0.3, 0.4) is 0 Å². The molecule has 1 atom stereocenters. The van der Waals surface area contributed by atoms with Gasteiger partial charge in [0.15, 0.2) is 5.82 Å². The van der Waals surface area contributed by atoms with Gasteiger partial charge in [0.1, 0.15) is 5.02 Å². The molecule has 0 radical (unpaired) electrons. The van der Waals surface area contributed by atoms with Crippen molar-refractivity contribution in [3.8, 4) is 0 Å². The fraction of sp³-hybridized carbons (Fsp3) is 0.571. The van der Waals surface area contributed by atoms with Crippen molar-refractivity contribution in [1.29, 1.82) is 0 Å². The number of hydrogen-bond acceptors (Lipinski definition) is 4. The maximum Gasteiger partial charge on any atom is 0.169 e. The molecular weight excluding hydrogens is 279 g/mol. The molecule has 112 valence electrons. The number of nitrogen functional groups attached to an aromatic ring is 2. The first-order valence-electron chi connectivity index (χ1n) is 6.91. The van der Waals surface area contributed by atoms with Crippen molar-refractivity contribution in [3.63, 3.8) is 0 Å². The topological polar surface area (TPSA) is 67.3 Å². The van der Waals surface area contributed by atoms with Crippen LogP contribution in [0.2, 0.25) is 5.02 Å². The summed E-state index contributed by atoms with van der Waals surface area (Å²) in [6, 6.07) is 2.04. The third kappa shape index (κ3) is 3.10. The zero-order valence-corrected chi connectivity index (χ0v) is 12.7. The summed E-state index contributed by atoms with van der Waals surface area (Å²) in [5.74, 6) is -0.0737. The predicted molar refractivity (Wildman–Crippen MR) is 83.5 cm³/mol. The van der Waals surface area contributed by atoms with Crippen LogP contribution >= 0.6 is 11.6 Å². The minimum atomic E-state index is -0.567. The highest BCUT2D eigenvalue weighted by molar-refractivity contribution is 6.33. The number of nitrogens with zero attached hydrogens (tertiary/aromatic N) is 1. The van der Waals surface area contributed by atoms with E-state index in [9.17, 15) is 4.39 Å². The van der Waals surface area contributed by atoms with E-state index >= 15 is 0 Å². The Morgan fingerprint density at radius 2 is 2.15 bits per heavy atom. The predicted octanol–water partition coefficient (Wildman–Crippen LogP) is 2.79. The number of nitrogens with two attached hydrogens (primary N) is 2. The number of benzene rings is 1. The van der Waals surface area contributed by atoms with E-state index in [2.05, 4.69) is 24.1 Å². The molecule has 5 N–H and O–H groups in total. The molecule has 1 unspecified atom stereocenters. The second-order valence-corrected chi connectivity index (χ2v) is 6.06. The molecule has 1 fully saturated rings. The van der Waals surface area contributed by atoms with Crippen LogP contribution in [0.25, 0.3) is 0 Å². The molecule has 0 bridgehead atoms. The van der Waals surface area contributed by atoms with Gasteiger partial charge in [-0.05, 0) is 38.8 Å². The average Bonchev–Trinajstić information content (AvgIpc) is 2.85. The molecule has 1 aliphatic rings. The first-order valence-corrected chi connectivity index (χ1v) is 7.28. The Morgan fingerprint density at radius 3 is 2.75 bits per heavy atom. The molecule has 1 aliphatic heterocycles. The van der Waals surface area contributed by atoms with Gasteiger partial charge in [-0.3, -0.25) is 0 Å². The van der Waals surface area contributed by atoms with Crippen molar-refractivity contribution in [2.75, 3.05) is 36.4 Å². The number of anilines is 3. The Kier molecular flexibility index (Phi) is 4.60. The van der Waals surface area contributed by atoms with Gasteiger partial charge < -0.3 is 21.7 Å². The molecule has 4 nitrogen and oxygen atoms in total. The maximum absolute atomic E-state index is 14.0. The van der Waals surface area contributed by atoms with Gasteiger partial charge in [0, 0.05) is 19.1 Å². The number of halogens is 2. The average molecular weight is 301 g/mol. The zero-order chi connectivity index (χ0) is 14.9. The third-order valence-corrected chi connectivity index (χ3v) is 4.26. The summed E-state index contributed by atoms with van der Waals surface area (Å²) in [4.78, 5) is 2.42. The minimum Gasteiger partial charge on any atom is -0.397 e. The SMILES string of the molecule is CC(C)N1CCC(CNc2c(N)cc(N)c(Cl)c2F)C1. The van der Waals surface area contributed by atoms with Gasteiger partial charge in [-0.25, -0.2) is 4.39 Å². The fourth-order valence-corrected chi connectivity index (χ4v) is 2.74. The molecular formula is C14H22ClFN4. The van der Waals surface area contributed by atoms with Crippen molar-refractivity contribution in [2.45, 2.75) is 26.3 Å². The molecule has 0 amide bonds. The number of hydrogen-bond donors (Lipinski definition) is 3. The second kappa shape index (κ2) is 6.06. The third-order valence-electron chi connectivity index (χ3n) is 3.88. The monoisotopic (exact) mass is 300 g/mol. The van der Waals surface area contributed by atoms with E-state index in [0.717, 1.165) is 19.5 Å². The highest BCUT2D eigenvalue weighted by Crippen LogP contribution is 2.34. The van der Waals surface area contributed by atoms with E-state index in [1.807, 2.05) is 0 Å². The van der Waals surface area contributed by atoms with Crippen LogP contribution in [-0.4, -0.2) is 30.6 Å². The van der Waals surface area contributed by atoms with Gasteiger partial charge >= 0.3 is 0 Å². The standard InChI is InChI=1S/C14H22ClFN4/c1-8(2)20-4-3-9(7-20)6-19-14-11(18)5-10(17)12(15)13(14)16/h5,8-9,19H,3-4,6-7,17-18H2,1-2H3. The Morgan fingerprint density at radius 1 is 1.45 bits per heavy atom. The molecule has 1 saturated heterocycles. The molecule has 0 aliphatic carbocycles. The van der Waals surface area contributed by atoms with Crippen LogP contribution in [-0.2, 0) is 0 Å². The van der Waals surface area contributed by atoms with E-state index in [-0.39, 0.29) is 16.4 Å². The summed E-state index contributed by atoms with van der Waals surface area (Å²) in [5, 5.41) is 3.01. The number of nitrogens with one attached hydrogen (secondary N) is 1. The highest BCUT2D eigenvalue weighted by atomic mass is 35.5. The molecule has 0 saturated carbocycles. The zero-order valence-electron chi connectivity index (χ0n) is 11.9. The quantitative estimate of drug-likeness (QED) is 0.748. The first kappa shape index (κ1) is 15.2. The largest absolute Gasteiger partial charge is 0.397 e. The number of likely N-dealkylation sites (tertiary alicyclic amines) is 1. The van der Waals surface area contributed by atoms with Gasteiger partial charge in [-0.2, -0.15) is 0 Å². The van der Waals surface area contributed by atoms with E-state index in [4.69, 9.17) is 23.1 Å². The van der Waals surface area contributed by atoms with Gasteiger partial charge in [0.05, 0.1) is 17.1 Å². The molecule has 0 aromatic heterocycles. The number of rotatable bonds is 4. The Labute approximate surface area is 124 Å². The molecule has 2 rings (SSSR count). The van der Waals surface area contributed by atoms with Crippen LogP contribution < -0.4 is 16.8 Å². The van der Waals surface area contributed by atoms with Crippen molar-refractivity contribution >= 4 is 28.7 Å². The summed E-state index contributed by atoms with van der Waals surface area (Å²) in [5.41, 5.74) is 12.1. The van der Waals surface area contributed by atoms with Crippen LogP contribution in [0.5, 0.6) is 0 Å². The maximum atomic E-state index is 14.0. The first-order chi connectivity index (χ1) is 9.40. The van der Waals surface area contributed by atoms with E-state index in [0.29, 0.717) is 24.2 Å². The molecule has 1 heterocycles. The lowest BCUT2D eigenvalue weighted by Crippen LogP contribution is -2.29. The Balaban J connectivity index is 2.00. The lowest BCUT2D eigenvalue weighted by Gasteiger charge is -2.21. The summed E-state index contributed by atoms with van der Waals surface area (Å²) in [6.45, 7) is 7.17. The van der Waals surface area contributed by atoms with Crippen LogP contribution in [0.15, 0.2) is 6.07 Å². The normalized spacial score (nSPS) is 19.8. The smallest absolute Gasteiger partial charge is 0.169 e. The van der Waals surface area contributed by atoms with Crippen molar-refractivity contribution in [3.05, 3.63) is 16.9 Å². The van der Waals surface area contributed by atoms with Gasteiger partial charge in [-0.15, -0.1) is 0 Å². The van der Waals surface area contributed by atoms with Gasteiger partial charge in [0.25, 0.3) is 0 Å². The highest BCUT2D eigenvalue weighted by Gasteiger charge is 2.24. The van der Waals surface area contributed by atoms with Gasteiger partial charge in [0.2, 0.25) is 0 Å². The summed E-state index contributed by atoms with van der Waals surface area (Å²) in [7, 11) is 0. The van der Waals surface area contributed by atoms with E-state index < -0.39 is 5.82 Å². The minimum absolute atomic E-state index is 0.0723. The van der Waals surface area contributed by atoms with Gasteiger partial charge in [-0.1, -0.05) is 11.6 Å². The molecule has 1 aromatic carbocycles. The van der Waals surface area contributed by atoms with E-state index in [1.54, 1.807) is 0 Å². The van der Waals surface area contributed by atoms with E-state index in [1.165, 1.54) is 6.07 Å². The molecule has 1 aromatic rings. The molecule has 6 heteroatoms. The van der Waals surface area contributed by atoms with Crippen molar-refractivity contribution in [1.82, 2.24) is 4.90 Å². The van der Waals surface area contributed by atoms with Crippen LogP contribution in [0, 0.1) is 11.7 Å².